The monoisotopic (exact) mass is 347 g/mol. The van der Waals surface area contributed by atoms with Crippen molar-refractivity contribution < 1.29 is 4.79 Å². The normalized spacial score (nSPS) is 15.9. The van der Waals surface area contributed by atoms with Gasteiger partial charge in [-0.15, -0.1) is 0 Å². The highest BCUT2D eigenvalue weighted by atomic mass is 35.5. The molecule has 1 aromatic carbocycles. The summed E-state index contributed by atoms with van der Waals surface area (Å²) in [4.78, 5) is 16.6. The third kappa shape index (κ3) is 4.96. The fourth-order valence-corrected chi connectivity index (χ4v) is 2.71. The average molecular weight is 348 g/mol. The third-order valence-corrected chi connectivity index (χ3v) is 4.21. The van der Waals surface area contributed by atoms with E-state index in [2.05, 4.69) is 10.2 Å². The maximum absolute atomic E-state index is 12.3. The summed E-state index contributed by atoms with van der Waals surface area (Å²) in [6, 6.07) is 7.24. The molecule has 1 fully saturated rings. The van der Waals surface area contributed by atoms with E-state index in [0.717, 1.165) is 38.3 Å². The van der Waals surface area contributed by atoms with Gasteiger partial charge in [0.05, 0.1) is 0 Å². The predicted molar refractivity (Wildman–Crippen MR) is 95.6 cm³/mol. The van der Waals surface area contributed by atoms with Crippen molar-refractivity contribution in [1.82, 2.24) is 9.80 Å². The lowest BCUT2D eigenvalue weighted by atomic mass is 10.2. The molecule has 0 bridgehead atoms. The van der Waals surface area contributed by atoms with Crippen LogP contribution >= 0.6 is 11.6 Å². The zero-order valence-corrected chi connectivity index (χ0v) is 14.5. The lowest BCUT2D eigenvalue weighted by molar-refractivity contribution is -0.112. The van der Waals surface area contributed by atoms with Crippen molar-refractivity contribution in [2.45, 2.75) is 6.92 Å². The van der Waals surface area contributed by atoms with E-state index in [1.165, 1.54) is 0 Å². The summed E-state index contributed by atoms with van der Waals surface area (Å²) in [5, 5.41) is 12.6. The van der Waals surface area contributed by atoms with Crippen LogP contribution in [0.2, 0.25) is 5.02 Å². The summed E-state index contributed by atoms with van der Waals surface area (Å²) < 4.78 is 0. The molecule has 0 saturated carbocycles. The fourth-order valence-electron chi connectivity index (χ4n) is 2.54. The maximum atomic E-state index is 12.3. The third-order valence-electron chi connectivity index (χ3n) is 3.98. The van der Waals surface area contributed by atoms with Crippen LogP contribution in [0.5, 0.6) is 0 Å². The first-order chi connectivity index (χ1) is 11.5. The Morgan fingerprint density at radius 1 is 1.42 bits per heavy atom. The van der Waals surface area contributed by atoms with Crippen molar-refractivity contribution in [3.05, 3.63) is 40.6 Å². The molecule has 7 heteroatoms. The minimum absolute atomic E-state index is 0.0849. The largest absolute Gasteiger partial charge is 0.374 e. The second-order valence-corrected chi connectivity index (χ2v) is 6.17. The van der Waals surface area contributed by atoms with Gasteiger partial charge in [-0.3, -0.25) is 9.69 Å². The Kier molecular flexibility index (Phi) is 6.62. The van der Waals surface area contributed by atoms with Crippen molar-refractivity contribution in [1.29, 1.82) is 5.26 Å². The van der Waals surface area contributed by atoms with Gasteiger partial charge < -0.3 is 16.0 Å². The Balaban J connectivity index is 2.01. The lowest BCUT2D eigenvalue weighted by Crippen LogP contribution is -2.45. The van der Waals surface area contributed by atoms with Gasteiger partial charge in [0.25, 0.3) is 5.91 Å². The zero-order chi connectivity index (χ0) is 17.5. The molecule has 0 aliphatic carbocycles. The average Bonchev–Trinajstić information content (AvgIpc) is 2.57. The van der Waals surface area contributed by atoms with E-state index in [1.807, 2.05) is 24.0 Å². The van der Waals surface area contributed by atoms with E-state index < -0.39 is 5.91 Å². The van der Waals surface area contributed by atoms with Crippen LogP contribution in [0, 0.1) is 18.3 Å². The minimum Gasteiger partial charge on any atom is -0.374 e. The second kappa shape index (κ2) is 8.69. The number of nitrogens with zero attached hydrogens (tertiary/aromatic N) is 3. The Bertz CT molecular complexity index is 659. The molecule has 1 amide bonds. The molecule has 0 spiro atoms. The number of hydrogen-bond donors (Lipinski definition) is 2. The molecule has 2 rings (SSSR count). The van der Waals surface area contributed by atoms with Crippen LogP contribution in [-0.4, -0.2) is 55.0 Å². The van der Waals surface area contributed by atoms with Gasteiger partial charge in [0.15, 0.2) is 0 Å². The van der Waals surface area contributed by atoms with Gasteiger partial charge in [0.2, 0.25) is 0 Å². The van der Waals surface area contributed by atoms with Gasteiger partial charge >= 0.3 is 0 Å². The molecule has 0 radical (unpaired) electrons. The van der Waals surface area contributed by atoms with Gasteiger partial charge in [-0.05, 0) is 24.6 Å². The number of piperazine rings is 1. The first kappa shape index (κ1) is 18.3. The SMILES string of the molecule is Cc1ccc(Cl)cc1NC(=O)/C(C#N)=C\N1CCN(CCN)CC1. The lowest BCUT2D eigenvalue weighted by Gasteiger charge is -2.33. The van der Waals surface area contributed by atoms with Crippen LogP contribution in [0.3, 0.4) is 0 Å². The Morgan fingerprint density at radius 3 is 2.75 bits per heavy atom. The van der Waals surface area contributed by atoms with Gasteiger partial charge in [-0.1, -0.05) is 17.7 Å². The van der Waals surface area contributed by atoms with Gasteiger partial charge in [-0.25, -0.2) is 0 Å². The molecule has 3 N–H and O–H groups in total. The standard InChI is InChI=1S/C17H22ClN5O/c1-13-2-3-15(18)10-16(13)21-17(24)14(11-20)12-23-8-6-22(5-4-19)7-9-23/h2-3,10,12H,4-9,19H2,1H3,(H,21,24)/b14-12-. The second-order valence-electron chi connectivity index (χ2n) is 5.73. The first-order valence-electron chi connectivity index (χ1n) is 7.89. The number of aryl methyl sites for hydroxylation is 1. The highest BCUT2D eigenvalue weighted by Gasteiger charge is 2.17. The van der Waals surface area contributed by atoms with Crippen LogP contribution in [0.1, 0.15) is 5.56 Å². The molecule has 1 aliphatic heterocycles. The van der Waals surface area contributed by atoms with E-state index in [-0.39, 0.29) is 5.57 Å². The number of nitriles is 1. The van der Waals surface area contributed by atoms with Gasteiger partial charge in [0, 0.05) is 56.2 Å². The van der Waals surface area contributed by atoms with Crippen LogP contribution in [0.4, 0.5) is 5.69 Å². The number of benzene rings is 1. The predicted octanol–water partition coefficient (Wildman–Crippen LogP) is 1.57. The zero-order valence-electron chi connectivity index (χ0n) is 13.8. The minimum atomic E-state index is -0.424. The van der Waals surface area contributed by atoms with E-state index >= 15 is 0 Å². The molecule has 128 valence electrons. The van der Waals surface area contributed by atoms with Crippen molar-refractivity contribution in [3.8, 4) is 6.07 Å². The highest BCUT2D eigenvalue weighted by Crippen LogP contribution is 2.20. The maximum Gasteiger partial charge on any atom is 0.267 e. The summed E-state index contributed by atoms with van der Waals surface area (Å²) >= 11 is 5.96. The van der Waals surface area contributed by atoms with Crippen molar-refractivity contribution in [2.24, 2.45) is 5.73 Å². The number of halogens is 1. The van der Waals surface area contributed by atoms with Crippen molar-refractivity contribution in [3.63, 3.8) is 0 Å². The Morgan fingerprint density at radius 2 is 2.12 bits per heavy atom. The van der Waals surface area contributed by atoms with Crippen LogP contribution in [0.25, 0.3) is 0 Å². The fraction of sp³-hybridized carbons (Fsp3) is 0.412. The number of amides is 1. The molecular weight excluding hydrogens is 326 g/mol. The molecule has 1 heterocycles. The van der Waals surface area contributed by atoms with Gasteiger partial charge in [0.1, 0.15) is 11.6 Å². The van der Waals surface area contributed by atoms with E-state index in [0.29, 0.717) is 17.3 Å². The summed E-state index contributed by atoms with van der Waals surface area (Å²) in [7, 11) is 0. The topological polar surface area (TPSA) is 85.4 Å². The van der Waals surface area contributed by atoms with Crippen LogP contribution < -0.4 is 11.1 Å². The summed E-state index contributed by atoms with van der Waals surface area (Å²) in [6.45, 7) is 6.68. The number of anilines is 1. The quantitative estimate of drug-likeness (QED) is 0.624. The molecule has 0 atom stereocenters. The Labute approximate surface area is 147 Å². The van der Waals surface area contributed by atoms with Crippen LogP contribution in [-0.2, 0) is 4.79 Å². The number of hydrogen-bond acceptors (Lipinski definition) is 5. The molecular formula is C17H22ClN5O. The van der Waals surface area contributed by atoms with E-state index in [1.54, 1.807) is 18.3 Å². The summed E-state index contributed by atoms with van der Waals surface area (Å²) in [6.07, 6.45) is 1.63. The van der Waals surface area contributed by atoms with Crippen molar-refractivity contribution in [2.75, 3.05) is 44.6 Å². The van der Waals surface area contributed by atoms with Crippen molar-refractivity contribution >= 4 is 23.2 Å². The smallest absolute Gasteiger partial charge is 0.267 e. The van der Waals surface area contributed by atoms with E-state index in [4.69, 9.17) is 17.3 Å². The Hall–Kier alpha value is -2.07. The number of rotatable bonds is 5. The number of carbonyl (C=O) groups excluding carboxylic acids is 1. The summed E-state index contributed by atoms with van der Waals surface area (Å²) in [5.41, 5.74) is 7.15. The van der Waals surface area contributed by atoms with E-state index in [9.17, 15) is 10.1 Å². The molecule has 1 saturated heterocycles. The molecule has 1 aromatic rings. The molecule has 0 unspecified atom stereocenters. The van der Waals surface area contributed by atoms with Crippen LogP contribution in [0.15, 0.2) is 30.0 Å². The molecule has 0 aromatic heterocycles. The number of nitrogens with one attached hydrogen (secondary N) is 1. The first-order valence-corrected chi connectivity index (χ1v) is 8.27. The highest BCUT2D eigenvalue weighted by molar-refractivity contribution is 6.31. The molecule has 24 heavy (non-hydrogen) atoms. The molecule has 6 nitrogen and oxygen atoms in total. The number of nitrogens with two attached hydrogens (primary N) is 1. The molecule has 1 aliphatic rings. The number of carbonyl (C=O) groups is 1. The summed E-state index contributed by atoms with van der Waals surface area (Å²) in [5.74, 6) is -0.424. The van der Waals surface area contributed by atoms with Gasteiger partial charge in [-0.2, -0.15) is 5.26 Å².